The molecular weight excluding hydrogens is 304 g/mol. The third-order valence-corrected chi connectivity index (χ3v) is 7.89. The lowest BCUT2D eigenvalue weighted by Crippen LogP contribution is -2.55. The summed E-state index contributed by atoms with van der Waals surface area (Å²) >= 11 is 0. The SMILES string of the molecule is C[C@@H]1CC(C[C@H]2CCC[C@@H]3C[C@@H](C)C[C@@H](C)N23)=C2CCCN(C)[C@@H]2C1. The Morgan fingerprint density at radius 3 is 2.64 bits per heavy atom. The van der Waals surface area contributed by atoms with Gasteiger partial charge in [0.15, 0.2) is 0 Å². The van der Waals surface area contributed by atoms with Crippen molar-refractivity contribution in [2.24, 2.45) is 11.8 Å². The van der Waals surface area contributed by atoms with Crippen LogP contribution in [0.15, 0.2) is 11.1 Å². The van der Waals surface area contributed by atoms with Crippen molar-refractivity contribution >= 4 is 0 Å². The van der Waals surface area contributed by atoms with Crippen LogP contribution < -0.4 is 0 Å². The van der Waals surface area contributed by atoms with E-state index in [9.17, 15) is 0 Å². The highest BCUT2D eigenvalue weighted by Crippen LogP contribution is 2.43. The van der Waals surface area contributed by atoms with Crippen molar-refractivity contribution in [3.05, 3.63) is 11.1 Å². The Hall–Kier alpha value is -0.340. The maximum absolute atomic E-state index is 2.98. The van der Waals surface area contributed by atoms with E-state index in [-0.39, 0.29) is 0 Å². The summed E-state index contributed by atoms with van der Waals surface area (Å²) in [6.45, 7) is 8.79. The smallest absolute Gasteiger partial charge is 0.0309 e. The van der Waals surface area contributed by atoms with Crippen molar-refractivity contribution in [2.75, 3.05) is 13.6 Å². The van der Waals surface area contributed by atoms with Gasteiger partial charge < -0.3 is 0 Å². The summed E-state index contributed by atoms with van der Waals surface area (Å²) < 4.78 is 0. The quantitative estimate of drug-likeness (QED) is 0.632. The van der Waals surface area contributed by atoms with Crippen LogP contribution in [0.5, 0.6) is 0 Å². The fraction of sp³-hybridized carbons (Fsp3) is 0.913. The van der Waals surface area contributed by atoms with Crippen LogP contribution in [0.1, 0.15) is 85.0 Å². The maximum Gasteiger partial charge on any atom is 0.0309 e. The first-order chi connectivity index (χ1) is 12.0. The zero-order valence-corrected chi connectivity index (χ0v) is 17.1. The van der Waals surface area contributed by atoms with Crippen molar-refractivity contribution in [2.45, 2.75) is 109 Å². The Labute approximate surface area is 156 Å². The maximum atomic E-state index is 2.98. The number of rotatable bonds is 2. The standard InChI is InChI=1S/C23H40N2/c1-16-11-18(3)25-20(13-16)7-5-8-21(25)15-19-12-17(2)14-23-22(19)9-6-10-24(23)4/h16-18,20-21,23H,5-15H2,1-4H3/t16-,17+,18+,20+,21+,23+/m0/s1. The third kappa shape index (κ3) is 3.58. The predicted octanol–water partition coefficient (Wildman–Crippen LogP) is 5.24. The van der Waals surface area contributed by atoms with Gasteiger partial charge >= 0.3 is 0 Å². The van der Waals surface area contributed by atoms with Crippen LogP contribution >= 0.6 is 0 Å². The fourth-order valence-corrected chi connectivity index (χ4v) is 6.97. The van der Waals surface area contributed by atoms with E-state index in [1.807, 2.05) is 11.1 Å². The average Bonchev–Trinajstić information content (AvgIpc) is 2.55. The summed E-state index contributed by atoms with van der Waals surface area (Å²) in [5.74, 6) is 1.81. The van der Waals surface area contributed by atoms with Crippen molar-refractivity contribution in [1.29, 1.82) is 0 Å². The van der Waals surface area contributed by atoms with Crippen molar-refractivity contribution in [1.82, 2.24) is 9.80 Å². The van der Waals surface area contributed by atoms with Crippen molar-refractivity contribution in [3.63, 3.8) is 0 Å². The molecule has 0 unspecified atom stereocenters. The average molecular weight is 345 g/mol. The number of piperidine rings is 3. The van der Waals surface area contributed by atoms with Gasteiger partial charge in [0.25, 0.3) is 0 Å². The molecule has 2 heteroatoms. The van der Waals surface area contributed by atoms with E-state index < -0.39 is 0 Å². The lowest BCUT2D eigenvalue weighted by Gasteiger charge is -2.51. The Kier molecular flexibility index (Phi) is 5.30. The van der Waals surface area contributed by atoms with E-state index in [2.05, 4.69) is 37.6 Å². The Morgan fingerprint density at radius 1 is 0.960 bits per heavy atom. The van der Waals surface area contributed by atoms with E-state index in [0.717, 1.165) is 36.0 Å². The highest BCUT2D eigenvalue weighted by atomic mass is 15.2. The normalized spacial score (nSPS) is 43.7. The molecular formula is C23H40N2. The second-order valence-corrected chi connectivity index (χ2v) is 10.1. The first-order valence-electron chi connectivity index (χ1n) is 11.2. The van der Waals surface area contributed by atoms with Gasteiger partial charge in [0.2, 0.25) is 0 Å². The van der Waals surface area contributed by atoms with Gasteiger partial charge in [-0.15, -0.1) is 0 Å². The first-order valence-corrected chi connectivity index (χ1v) is 11.2. The van der Waals surface area contributed by atoms with Gasteiger partial charge in [0.1, 0.15) is 0 Å². The van der Waals surface area contributed by atoms with E-state index >= 15 is 0 Å². The topological polar surface area (TPSA) is 6.48 Å². The Balaban J connectivity index is 1.55. The highest BCUT2D eigenvalue weighted by Gasteiger charge is 2.40. The number of likely N-dealkylation sites (tertiary alicyclic amines) is 1. The molecule has 0 aromatic heterocycles. The van der Waals surface area contributed by atoms with Gasteiger partial charge in [-0.1, -0.05) is 31.4 Å². The molecule has 0 amide bonds. The molecule has 6 atom stereocenters. The summed E-state index contributed by atoms with van der Waals surface area (Å²) in [5.41, 5.74) is 3.75. The molecule has 3 aliphatic heterocycles. The lowest BCUT2D eigenvalue weighted by molar-refractivity contribution is -0.00724. The summed E-state index contributed by atoms with van der Waals surface area (Å²) in [6.07, 6.45) is 14.2. The minimum Gasteiger partial charge on any atom is -0.300 e. The van der Waals surface area contributed by atoms with Crippen LogP contribution in [0, 0.1) is 11.8 Å². The minimum atomic E-state index is 0.769. The number of hydrogen-bond acceptors (Lipinski definition) is 2. The molecule has 0 radical (unpaired) electrons. The second-order valence-electron chi connectivity index (χ2n) is 10.1. The monoisotopic (exact) mass is 344 g/mol. The second kappa shape index (κ2) is 7.35. The molecule has 1 aliphatic carbocycles. The van der Waals surface area contributed by atoms with Gasteiger partial charge in [-0.3, -0.25) is 9.80 Å². The largest absolute Gasteiger partial charge is 0.300 e. The van der Waals surface area contributed by atoms with E-state index in [1.165, 1.54) is 70.8 Å². The number of likely N-dealkylation sites (N-methyl/N-ethyl adjacent to an activating group) is 1. The molecule has 4 aliphatic rings. The molecule has 0 saturated carbocycles. The van der Waals surface area contributed by atoms with E-state index in [0.29, 0.717) is 0 Å². The zero-order chi connectivity index (χ0) is 17.6. The number of fused-ring (bicyclic) bond motifs is 2. The first kappa shape index (κ1) is 18.0. The van der Waals surface area contributed by atoms with Gasteiger partial charge in [-0.25, -0.2) is 0 Å². The Bertz CT molecular complexity index is 510. The van der Waals surface area contributed by atoms with E-state index in [4.69, 9.17) is 0 Å². The van der Waals surface area contributed by atoms with E-state index in [1.54, 1.807) is 0 Å². The van der Waals surface area contributed by atoms with Crippen molar-refractivity contribution in [3.8, 4) is 0 Å². The molecule has 4 rings (SSSR count). The molecule has 0 spiro atoms. The number of hydrogen-bond donors (Lipinski definition) is 0. The van der Waals surface area contributed by atoms with Crippen LogP contribution in [0.4, 0.5) is 0 Å². The fourth-order valence-electron chi connectivity index (χ4n) is 6.97. The molecule has 3 fully saturated rings. The highest BCUT2D eigenvalue weighted by molar-refractivity contribution is 5.26. The van der Waals surface area contributed by atoms with Crippen LogP contribution in [-0.2, 0) is 0 Å². The molecule has 3 heterocycles. The predicted molar refractivity (Wildman–Crippen MR) is 107 cm³/mol. The van der Waals surface area contributed by atoms with Crippen LogP contribution in [0.3, 0.4) is 0 Å². The molecule has 0 bridgehead atoms. The molecule has 2 nitrogen and oxygen atoms in total. The number of nitrogens with zero attached hydrogens (tertiary/aromatic N) is 2. The Morgan fingerprint density at radius 2 is 1.80 bits per heavy atom. The molecule has 25 heavy (non-hydrogen) atoms. The molecule has 0 aromatic rings. The summed E-state index contributed by atoms with van der Waals surface area (Å²) in [5, 5.41) is 0. The van der Waals surface area contributed by atoms with Gasteiger partial charge in [0.05, 0.1) is 0 Å². The van der Waals surface area contributed by atoms with Gasteiger partial charge in [-0.05, 0) is 90.1 Å². The van der Waals surface area contributed by atoms with Gasteiger partial charge in [-0.2, -0.15) is 0 Å². The third-order valence-electron chi connectivity index (χ3n) is 7.89. The molecule has 0 N–H and O–H groups in total. The summed E-state index contributed by atoms with van der Waals surface area (Å²) in [7, 11) is 2.37. The van der Waals surface area contributed by atoms with Gasteiger partial charge in [0, 0.05) is 24.2 Å². The molecule has 3 saturated heterocycles. The minimum absolute atomic E-state index is 0.769. The van der Waals surface area contributed by atoms with Crippen molar-refractivity contribution < 1.29 is 0 Å². The molecule has 142 valence electrons. The van der Waals surface area contributed by atoms with Crippen LogP contribution in [-0.4, -0.2) is 47.6 Å². The molecule has 0 aromatic carbocycles. The summed E-state index contributed by atoms with van der Waals surface area (Å²) in [6, 6.07) is 3.29. The van der Waals surface area contributed by atoms with Crippen LogP contribution in [0.2, 0.25) is 0 Å². The zero-order valence-electron chi connectivity index (χ0n) is 17.1. The van der Waals surface area contributed by atoms with Crippen LogP contribution in [0.25, 0.3) is 0 Å². The summed E-state index contributed by atoms with van der Waals surface area (Å²) in [4.78, 5) is 5.64. The lowest BCUT2D eigenvalue weighted by atomic mass is 9.74.